The van der Waals surface area contributed by atoms with Crippen molar-refractivity contribution in [2.75, 3.05) is 6.54 Å². The van der Waals surface area contributed by atoms with Gasteiger partial charge in [-0.25, -0.2) is 9.97 Å². The van der Waals surface area contributed by atoms with Crippen LogP contribution >= 0.6 is 11.3 Å². The van der Waals surface area contributed by atoms with Crippen molar-refractivity contribution in [2.45, 2.75) is 12.5 Å². The monoisotopic (exact) mass is 397 g/mol. The number of thiophene rings is 1. The number of nitrogens with zero attached hydrogens (tertiary/aromatic N) is 3. The maximum atomic E-state index is 13.4. The minimum absolute atomic E-state index is 0.0321. The molecule has 1 atom stereocenters. The Bertz CT molecular complexity index is 1120. The molecule has 29 heavy (non-hydrogen) atoms. The van der Waals surface area contributed by atoms with E-state index in [1.54, 1.807) is 23.7 Å². The first-order valence-corrected chi connectivity index (χ1v) is 10.5. The summed E-state index contributed by atoms with van der Waals surface area (Å²) in [6.45, 7) is 0.687. The van der Waals surface area contributed by atoms with E-state index in [1.165, 1.54) is 10.4 Å². The Kier molecular flexibility index (Phi) is 4.66. The summed E-state index contributed by atoms with van der Waals surface area (Å²) in [6.07, 6.45) is 4.16. The zero-order valence-electron chi connectivity index (χ0n) is 15.7. The Morgan fingerprint density at radius 3 is 2.34 bits per heavy atom. The second-order valence-electron chi connectivity index (χ2n) is 7.02. The summed E-state index contributed by atoms with van der Waals surface area (Å²) >= 11 is 1.77. The van der Waals surface area contributed by atoms with Crippen molar-refractivity contribution in [3.63, 3.8) is 0 Å². The molecule has 4 nitrogen and oxygen atoms in total. The summed E-state index contributed by atoms with van der Waals surface area (Å²) in [6, 6.07) is 22.1. The second kappa shape index (κ2) is 7.60. The van der Waals surface area contributed by atoms with Gasteiger partial charge in [-0.1, -0.05) is 60.7 Å². The standard InChI is InChI=1S/C24H19N3OS/c28-24(19-15-25-23(26-16-19)18-9-5-2-6-10-18)27-13-11-21-20(12-14-29-21)22(27)17-7-3-1-4-8-17/h1-10,12,14-16,22H,11,13H2. The molecule has 0 radical (unpaired) electrons. The van der Waals surface area contributed by atoms with Crippen molar-refractivity contribution >= 4 is 17.2 Å². The number of fused-ring (bicyclic) bond motifs is 1. The van der Waals surface area contributed by atoms with Crippen LogP contribution in [0.25, 0.3) is 11.4 Å². The molecular weight excluding hydrogens is 378 g/mol. The van der Waals surface area contributed by atoms with E-state index in [2.05, 4.69) is 33.5 Å². The normalized spacial score (nSPS) is 15.7. The van der Waals surface area contributed by atoms with Crippen LogP contribution < -0.4 is 0 Å². The van der Waals surface area contributed by atoms with Crippen LogP contribution in [0, 0.1) is 0 Å². The lowest BCUT2D eigenvalue weighted by atomic mass is 9.93. The molecule has 0 saturated heterocycles. The molecule has 0 fully saturated rings. The van der Waals surface area contributed by atoms with Crippen molar-refractivity contribution in [3.05, 3.63) is 106 Å². The van der Waals surface area contributed by atoms with E-state index in [-0.39, 0.29) is 11.9 Å². The molecule has 1 amide bonds. The van der Waals surface area contributed by atoms with Crippen LogP contribution in [0.4, 0.5) is 0 Å². The van der Waals surface area contributed by atoms with Gasteiger partial charge in [0.15, 0.2) is 5.82 Å². The summed E-state index contributed by atoms with van der Waals surface area (Å²) in [7, 11) is 0. The SMILES string of the molecule is O=C(c1cnc(-c2ccccc2)nc1)N1CCc2sccc2C1c1ccccc1. The molecule has 3 heterocycles. The fourth-order valence-electron chi connectivity index (χ4n) is 3.87. The molecule has 1 unspecified atom stereocenters. The lowest BCUT2D eigenvalue weighted by molar-refractivity contribution is 0.0695. The van der Waals surface area contributed by atoms with Crippen LogP contribution in [0.5, 0.6) is 0 Å². The van der Waals surface area contributed by atoms with Gasteiger partial charge in [0.2, 0.25) is 0 Å². The van der Waals surface area contributed by atoms with Gasteiger partial charge in [0, 0.05) is 29.4 Å². The molecule has 0 aliphatic carbocycles. The first kappa shape index (κ1) is 17.8. The van der Waals surface area contributed by atoms with Crippen LogP contribution in [0.15, 0.2) is 84.5 Å². The smallest absolute Gasteiger partial charge is 0.257 e. The van der Waals surface area contributed by atoms with Crippen molar-refractivity contribution in [2.24, 2.45) is 0 Å². The maximum absolute atomic E-state index is 13.4. The predicted octanol–water partition coefficient (Wildman–Crippen LogP) is 4.99. The highest BCUT2D eigenvalue weighted by Crippen LogP contribution is 2.38. The second-order valence-corrected chi connectivity index (χ2v) is 8.02. The summed E-state index contributed by atoms with van der Waals surface area (Å²) in [4.78, 5) is 25.6. The Morgan fingerprint density at radius 1 is 0.931 bits per heavy atom. The third-order valence-corrected chi connectivity index (χ3v) is 6.27. The number of amides is 1. The predicted molar refractivity (Wildman–Crippen MR) is 115 cm³/mol. The molecule has 1 aliphatic rings. The quantitative estimate of drug-likeness (QED) is 0.489. The third-order valence-electron chi connectivity index (χ3n) is 5.27. The van der Waals surface area contributed by atoms with Crippen molar-refractivity contribution in [1.29, 1.82) is 0 Å². The average molecular weight is 398 g/mol. The van der Waals surface area contributed by atoms with Crippen molar-refractivity contribution in [3.8, 4) is 11.4 Å². The molecule has 142 valence electrons. The highest BCUT2D eigenvalue weighted by atomic mass is 32.1. The first-order chi connectivity index (χ1) is 14.3. The highest BCUT2D eigenvalue weighted by molar-refractivity contribution is 7.10. The largest absolute Gasteiger partial charge is 0.327 e. The van der Waals surface area contributed by atoms with Crippen LogP contribution in [-0.4, -0.2) is 27.3 Å². The number of rotatable bonds is 3. The van der Waals surface area contributed by atoms with E-state index in [1.807, 2.05) is 53.4 Å². The Hall–Kier alpha value is -3.31. The zero-order chi connectivity index (χ0) is 19.6. The number of carbonyl (C=O) groups excluding carboxylic acids is 1. The Labute approximate surface area is 173 Å². The molecule has 5 heteroatoms. The fourth-order valence-corrected chi connectivity index (χ4v) is 4.77. The molecule has 0 bridgehead atoms. The minimum Gasteiger partial charge on any atom is -0.327 e. The molecule has 0 saturated carbocycles. The summed E-state index contributed by atoms with van der Waals surface area (Å²) in [5.74, 6) is 0.593. The molecular formula is C24H19N3OS. The first-order valence-electron chi connectivity index (χ1n) is 9.61. The van der Waals surface area contributed by atoms with Gasteiger partial charge in [-0.3, -0.25) is 4.79 Å². The Balaban J connectivity index is 1.48. The van der Waals surface area contributed by atoms with Gasteiger partial charge < -0.3 is 4.90 Å². The van der Waals surface area contributed by atoms with Crippen LogP contribution in [0.2, 0.25) is 0 Å². The van der Waals surface area contributed by atoms with Gasteiger partial charge in [-0.05, 0) is 29.0 Å². The van der Waals surface area contributed by atoms with E-state index in [0.717, 1.165) is 17.5 Å². The molecule has 5 rings (SSSR count). The number of hydrogen-bond acceptors (Lipinski definition) is 4. The number of aromatic nitrogens is 2. The van der Waals surface area contributed by atoms with Crippen molar-refractivity contribution in [1.82, 2.24) is 14.9 Å². The van der Waals surface area contributed by atoms with Crippen molar-refractivity contribution < 1.29 is 4.79 Å². The summed E-state index contributed by atoms with van der Waals surface area (Å²) in [5, 5.41) is 2.12. The topological polar surface area (TPSA) is 46.1 Å². The van der Waals surface area contributed by atoms with Crippen LogP contribution in [0.3, 0.4) is 0 Å². The van der Waals surface area contributed by atoms with E-state index < -0.39 is 0 Å². The van der Waals surface area contributed by atoms with E-state index in [0.29, 0.717) is 17.9 Å². The maximum Gasteiger partial charge on any atom is 0.257 e. The third kappa shape index (κ3) is 3.34. The molecule has 0 spiro atoms. The van der Waals surface area contributed by atoms with Crippen LogP contribution in [0.1, 0.15) is 32.4 Å². The number of hydrogen-bond donors (Lipinski definition) is 0. The van der Waals surface area contributed by atoms with E-state index >= 15 is 0 Å². The summed E-state index contributed by atoms with van der Waals surface area (Å²) in [5.41, 5.74) is 3.81. The van der Waals surface area contributed by atoms with E-state index in [9.17, 15) is 4.79 Å². The number of carbonyl (C=O) groups is 1. The molecule has 2 aromatic carbocycles. The summed E-state index contributed by atoms with van der Waals surface area (Å²) < 4.78 is 0. The average Bonchev–Trinajstić information content (AvgIpc) is 3.28. The molecule has 4 aromatic rings. The molecule has 2 aromatic heterocycles. The highest BCUT2D eigenvalue weighted by Gasteiger charge is 2.33. The van der Waals surface area contributed by atoms with Gasteiger partial charge in [0.05, 0.1) is 11.6 Å². The van der Waals surface area contributed by atoms with Gasteiger partial charge in [-0.2, -0.15) is 0 Å². The number of benzene rings is 2. The zero-order valence-corrected chi connectivity index (χ0v) is 16.5. The van der Waals surface area contributed by atoms with Gasteiger partial charge in [-0.15, -0.1) is 11.3 Å². The Morgan fingerprint density at radius 2 is 1.62 bits per heavy atom. The lowest BCUT2D eigenvalue weighted by Gasteiger charge is -2.36. The molecule has 0 N–H and O–H groups in total. The van der Waals surface area contributed by atoms with Gasteiger partial charge >= 0.3 is 0 Å². The van der Waals surface area contributed by atoms with Crippen LogP contribution in [-0.2, 0) is 6.42 Å². The van der Waals surface area contributed by atoms with Gasteiger partial charge in [0.25, 0.3) is 5.91 Å². The van der Waals surface area contributed by atoms with Gasteiger partial charge in [0.1, 0.15) is 0 Å². The van der Waals surface area contributed by atoms with E-state index in [4.69, 9.17) is 0 Å². The molecule has 1 aliphatic heterocycles. The fraction of sp³-hybridized carbons (Fsp3) is 0.125. The lowest BCUT2D eigenvalue weighted by Crippen LogP contribution is -2.40. The minimum atomic E-state index is -0.0764.